The quantitative estimate of drug-likeness (QED) is 0.298. The number of hydrogen-bond acceptors (Lipinski definition) is 1. The molecule has 25 heavy (non-hydrogen) atoms. The molecule has 0 spiro atoms. The fourth-order valence-corrected chi connectivity index (χ4v) is 5.79. The summed E-state index contributed by atoms with van der Waals surface area (Å²) >= 11 is -0.0433. The van der Waals surface area contributed by atoms with E-state index in [1.54, 1.807) is 5.57 Å². The second-order valence-electron chi connectivity index (χ2n) is 7.32. The van der Waals surface area contributed by atoms with Crippen molar-refractivity contribution in [2.75, 3.05) is 14.1 Å². The molecule has 0 amide bonds. The minimum atomic E-state index is -0.0433. The molecule has 0 saturated carbocycles. The Hall–Kier alpha value is 0.734. The van der Waals surface area contributed by atoms with Crippen molar-refractivity contribution >= 4 is 24.8 Å². The monoisotopic (exact) mass is 425 g/mol. The third-order valence-electron chi connectivity index (χ3n) is 5.07. The first-order chi connectivity index (χ1) is 11.0. The van der Waals surface area contributed by atoms with Gasteiger partial charge in [-0.3, -0.25) is 0 Å². The van der Waals surface area contributed by atoms with Crippen molar-refractivity contribution < 1.29 is 19.2 Å². The van der Waals surface area contributed by atoms with E-state index in [4.69, 9.17) is 0 Å². The molecule has 0 aliphatic heterocycles. The Kier molecular flexibility index (Phi) is 17.6. The Morgan fingerprint density at radius 1 is 0.960 bits per heavy atom. The van der Waals surface area contributed by atoms with Gasteiger partial charge in [-0.05, 0) is 0 Å². The van der Waals surface area contributed by atoms with Crippen LogP contribution < -0.4 is 0 Å². The van der Waals surface area contributed by atoms with E-state index >= 15 is 0 Å². The van der Waals surface area contributed by atoms with E-state index in [-0.39, 0.29) is 44.0 Å². The van der Waals surface area contributed by atoms with Crippen molar-refractivity contribution in [2.45, 2.75) is 89.8 Å². The van der Waals surface area contributed by atoms with Gasteiger partial charge < -0.3 is 0 Å². The SMILES string of the molecule is CCCCC1=CC(CCCC)[C]([Ti][CH](C)N(C)C)=C1CCCC.Cl.Cl. The van der Waals surface area contributed by atoms with Crippen LogP contribution in [0.25, 0.3) is 0 Å². The van der Waals surface area contributed by atoms with Crippen molar-refractivity contribution in [3.05, 3.63) is 21.1 Å². The molecule has 1 aliphatic rings. The van der Waals surface area contributed by atoms with Crippen LogP contribution >= 0.6 is 24.8 Å². The average molecular weight is 426 g/mol. The minimum absolute atomic E-state index is 0. The second-order valence-corrected chi connectivity index (χ2v) is 9.92. The summed E-state index contributed by atoms with van der Waals surface area (Å²) in [6.07, 6.45) is 14.8. The number of allylic oxidation sites excluding steroid dienone is 4. The zero-order valence-electron chi connectivity index (χ0n) is 17.4. The number of hydrogen-bond donors (Lipinski definition) is 0. The molecule has 1 nitrogen and oxygen atoms in total. The summed E-state index contributed by atoms with van der Waals surface area (Å²) in [5, 5.41) is 0. The van der Waals surface area contributed by atoms with Crippen LogP contribution in [0.1, 0.15) is 85.5 Å². The van der Waals surface area contributed by atoms with E-state index in [2.05, 4.69) is 52.8 Å². The van der Waals surface area contributed by atoms with Gasteiger partial charge in [-0.25, -0.2) is 0 Å². The van der Waals surface area contributed by atoms with Crippen LogP contribution in [-0.2, 0) is 19.2 Å². The van der Waals surface area contributed by atoms with Crippen LogP contribution in [-0.4, -0.2) is 23.3 Å². The molecule has 0 radical (unpaired) electrons. The molecule has 0 aromatic rings. The first-order valence-electron chi connectivity index (χ1n) is 9.92. The summed E-state index contributed by atoms with van der Waals surface area (Å²) in [6, 6.07) is 0. The number of rotatable bonds is 12. The predicted molar refractivity (Wildman–Crippen MR) is 115 cm³/mol. The normalized spacial score (nSPS) is 17.9. The maximum Gasteiger partial charge on any atom is -0.147 e. The average Bonchev–Trinajstić information content (AvgIpc) is 2.85. The number of nitrogens with zero attached hydrogens (tertiary/aromatic N) is 1. The smallest absolute Gasteiger partial charge is 0.147 e. The first-order valence-corrected chi connectivity index (χ1v) is 11.6. The van der Waals surface area contributed by atoms with Crippen LogP contribution in [0.4, 0.5) is 0 Å². The second kappa shape index (κ2) is 15.8. The molecule has 2 atom stereocenters. The van der Waals surface area contributed by atoms with E-state index in [1.807, 2.05) is 9.45 Å². The van der Waals surface area contributed by atoms with Gasteiger partial charge >= 0.3 is 155 Å². The molecule has 148 valence electrons. The summed E-state index contributed by atoms with van der Waals surface area (Å²) in [6.45, 7) is 9.42. The molecule has 0 aromatic heterocycles. The van der Waals surface area contributed by atoms with Crippen LogP contribution in [0.3, 0.4) is 0 Å². The molecular formula is C21H41Cl2NTi. The Bertz CT molecular complexity index is 405. The zero-order valence-corrected chi connectivity index (χ0v) is 20.6. The molecule has 0 fully saturated rings. The third-order valence-corrected chi connectivity index (χ3v) is 8.07. The maximum atomic E-state index is 2.69. The summed E-state index contributed by atoms with van der Waals surface area (Å²) in [5.41, 5.74) is 3.56. The molecule has 0 saturated heterocycles. The topological polar surface area (TPSA) is 3.24 Å². The van der Waals surface area contributed by atoms with Crippen LogP contribution in [0.2, 0.25) is 0 Å². The summed E-state index contributed by atoms with van der Waals surface area (Å²) < 4.78 is 2.68. The van der Waals surface area contributed by atoms with Crippen molar-refractivity contribution in [1.82, 2.24) is 4.90 Å². The Morgan fingerprint density at radius 3 is 2.04 bits per heavy atom. The largest absolute Gasteiger partial charge is 0.147 e. The van der Waals surface area contributed by atoms with Gasteiger partial charge in [0.1, 0.15) is 0 Å². The van der Waals surface area contributed by atoms with Gasteiger partial charge in [-0.1, -0.05) is 0 Å². The van der Waals surface area contributed by atoms with E-state index in [1.165, 1.54) is 57.8 Å². The standard InChI is InChI=1S/C17H29.C4H10N.2ClH.Ti/c1-4-7-10-15-13-16(11-8-5-2)17(14-15)12-9-6-3;1-4-5(2)3;;;/h13,15H,4-12H2,1-3H3;4H,1-3H3;2*1H;. The Labute approximate surface area is 179 Å². The van der Waals surface area contributed by atoms with Crippen molar-refractivity contribution in [2.24, 2.45) is 5.92 Å². The van der Waals surface area contributed by atoms with Gasteiger partial charge in [0, 0.05) is 0 Å². The molecule has 4 heteroatoms. The number of unbranched alkanes of at least 4 members (excludes halogenated alkanes) is 3. The van der Waals surface area contributed by atoms with Crippen LogP contribution in [0.5, 0.6) is 0 Å². The van der Waals surface area contributed by atoms with Gasteiger partial charge in [0.2, 0.25) is 0 Å². The minimum Gasteiger partial charge on any atom is -0.147 e. The first kappa shape index (κ1) is 27.9. The van der Waals surface area contributed by atoms with Gasteiger partial charge in [0.15, 0.2) is 0 Å². The van der Waals surface area contributed by atoms with E-state index < -0.39 is 0 Å². The molecule has 2 unspecified atom stereocenters. The van der Waals surface area contributed by atoms with E-state index in [9.17, 15) is 0 Å². The van der Waals surface area contributed by atoms with Gasteiger partial charge in [0.25, 0.3) is 0 Å². The predicted octanol–water partition coefficient (Wildman–Crippen LogP) is 7.20. The summed E-state index contributed by atoms with van der Waals surface area (Å²) in [5.74, 6) is 0.788. The number of halogens is 2. The van der Waals surface area contributed by atoms with Gasteiger partial charge in [0.05, 0.1) is 0 Å². The van der Waals surface area contributed by atoms with Crippen molar-refractivity contribution in [3.8, 4) is 0 Å². The van der Waals surface area contributed by atoms with E-state index in [0.717, 1.165) is 10.3 Å². The molecular weight excluding hydrogens is 385 g/mol. The van der Waals surface area contributed by atoms with Crippen molar-refractivity contribution in [1.29, 1.82) is 0 Å². The Balaban J connectivity index is 0. The van der Waals surface area contributed by atoms with Crippen LogP contribution in [0.15, 0.2) is 21.1 Å². The molecule has 0 heterocycles. The fourth-order valence-electron chi connectivity index (χ4n) is 3.27. The van der Waals surface area contributed by atoms with Crippen molar-refractivity contribution in [3.63, 3.8) is 0 Å². The molecule has 0 aromatic carbocycles. The molecule has 0 bridgehead atoms. The van der Waals surface area contributed by atoms with E-state index in [0.29, 0.717) is 0 Å². The maximum absolute atomic E-state index is 2.69. The van der Waals surface area contributed by atoms with Gasteiger partial charge in [-0.15, -0.1) is 24.8 Å². The molecule has 1 aliphatic carbocycles. The Morgan fingerprint density at radius 2 is 1.52 bits per heavy atom. The third kappa shape index (κ3) is 9.47. The summed E-state index contributed by atoms with van der Waals surface area (Å²) in [7, 11) is 4.50. The molecule has 1 rings (SSSR count). The fraction of sp³-hybridized carbons (Fsp3) is 0.810. The van der Waals surface area contributed by atoms with Gasteiger partial charge in [-0.2, -0.15) is 0 Å². The zero-order chi connectivity index (χ0) is 17.2. The summed E-state index contributed by atoms with van der Waals surface area (Å²) in [4.78, 5) is 2.44. The van der Waals surface area contributed by atoms with Crippen LogP contribution in [0, 0.1) is 5.92 Å². The molecule has 0 N–H and O–H groups in total.